The van der Waals surface area contributed by atoms with E-state index in [1.807, 2.05) is 35.0 Å². The van der Waals surface area contributed by atoms with E-state index in [0.717, 1.165) is 21.1 Å². The summed E-state index contributed by atoms with van der Waals surface area (Å²) < 4.78 is 10.3. The molecule has 0 spiro atoms. The number of thioether (sulfide) groups is 1. The van der Waals surface area contributed by atoms with Gasteiger partial charge in [0, 0.05) is 5.56 Å². The van der Waals surface area contributed by atoms with Crippen molar-refractivity contribution >= 4 is 40.2 Å². The Balaban J connectivity index is 1.58. The summed E-state index contributed by atoms with van der Waals surface area (Å²) in [6, 6.07) is 10.9. The number of nitrogens with zero attached hydrogens (tertiary/aromatic N) is 3. The van der Waals surface area contributed by atoms with Crippen molar-refractivity contribution in [2.75, 3.05) is 20.0 Å². The summed E-state index contributed by atoms with van der Waals surface area (Å²) in [7, 11) is 2.83. The van der Waals surface area contributed by atoms with Crippen LogP contribution in [0.25, 0.3) is 21.1 Å². The normalized spacial score (nSPS) is 10.8. The smallest absolute Gasteiger partial charge is 0.210 e. The Kier molecular flexibility index (Phi) is 6.50. The molecule has 1 aromatic carbocycles. The summed E-state index contributed by atoms with van der Waals surface area (Å²) in [5.74, 6) is 0.120. The summed E-state index contributed by atoms with van der Waals surface area (Å²) in [5.41, 5.74) is 1.83. The zero-order chi connectivity index (χ0) is 21.8. The minimum atomic E-state index is -0.176. The largest absolute Gasteiger partial charge is 0.502 e. The van der Waals surface area contributed by atoms with Crippen molar-refractivity contribution in [3.8, 4) is 38.4 Å². The van der Waals surface area contributed by atoms with E-state index in [1.165, 1.54) is 38.1 Å². The fourth-order valence-electron chi connectivity index (χ4n) is 2.80. The van der Waals surface area contributed by atoms with E-state index >= 15 is 0 Å². The van der Waals surface area contributed by atoms with Crippen LogP contribution in [0.3, 0.4) is 0 Å². The second kappa shape index (κ2) is 9.46. The first-order valence-corrected chi connectivity index (χ1v) is 11.8. The molecule has 0 unspecified atom stereocenters. The number of benzene rings is 1. The molecule has 1 N–H and O–H groups in total. The van der Waals surface area contributed by atoms with Crippen LogP contribution < -0.4 is 9.47 Å². The minimum absolute atomic E-state index is 0.0982. The van der Waals surface area contributed by atoms with E-state index in [-0.39, 0.29) is 28.8 Å². The lowest BCUT2D eigenvalue weighted by Crippen LogP contribution is -2.05. The second-order valence-corrected chi connectivity index (χ2v) is 9.03. The highest BCUT2D eigenvalue weighted by atomic mass is 32.2. The Morgan fingerprint density at radius 1 is 1.00 bits per heavy atom. The van der Waals surface area contributed by atoms with E-state index in [4.69, 9.17) is 9.47 Å². The van der Waals surface area contributed by atoms with Crippen LogP contribution in [0.5, 0.6) is 17.2 Å². The van der Waals surface area contributed by atoms with Gasteiger partial charge < -0.3 is 14.6 Å². The van der Waals surface area contributed by atoms with Gasteiger partial charge in [0.2, 0.25) is 10.9 Å². The molecule has 0 atom stereocenters. The molecule has 4 aromatic rings. The number of aromatic hydroxyl groups is 1. The van der Waals surface area contributed by atoms with Gasteiger partial charge in [-0.05, 0) is 35.0 Å². The van der Waals surface area contributed by atoms with Crippen molar-refractivity contribution in [3.63, 3.8) is 0 Å². The van der Waals surface area contributed by atoms with Gasteiger partial charge in [0.15, 0.2) is 17.3 Å². The highest BCUT2D eigenvalue weighted by molar-refractivity contribution is 7.99. The highest BCUT2D eigenvalue weighted by Crippen LogP contribution is 2.38. The molecule has 0 aliphatic heterocycles. The zero-order valence-corrected chi connectivity index (χ0v) is 19.0. The van der Waals surface area contributed by atoms with Crippen LogP contribution in [-0.4, -0.2) is 46.0 Å². The summed E-state index contributed by atoms with van der Waals surface area (Å²) in [6.45, 7) is 0. The number of ketones is 1. The summed E-state index contributed by atoms with van der Waals surface area (Å²) in [4.78, 5) is 19.4. The molecule has 31 heavy (non-hydrogen) atoms. The van der Waals surface area contributed by atoms with Crippen LogP contribution in [0, 0.1) is 0 Å². The maximum atomic E-state index is 12.7. The monoisotopic (exact) mass is 471 g/mol. The maximum Gasteiger partial charge on any atom is 0.210 e. The number of rotatable bonds is 8. The van der Waals surface area contributed by atoms with Crippen molar-refractivity contribution in [2.24, 2.45) is 0 Å². The van der Waals surface area contributed by atoms with E-state index in [1.54, 1.807) is 22.7 Å². The van der Waals surface area contributed by atoms with Gasteiger partial charge in [-0.1, -0.05) is 23.9 Å². The third-order valence-corrected chi connectivity index (χ3v) is 6.90. The Labute approximate surface area is 190 Å². The van der Waals surface area contributed by atoms with Crippen LogP contribution >= 0.6 is 34.4 Å². The number of methoxy groups -OCH3 is 2. The predicted molar refractivity (Wildman–Crippen MR) is 123 cm³/mol. The predicted octanol–water partition coefficient (Wildman–Crippen LogP) is 5.03. The van der Waals surface area contributed by atoms with Crippen molar-refractivity contribution in [1.29, 1.82) is 0 Å². The standard InChI is InChI=1S/C21H17N3O4S3/c1-27-14-9-12(10-15(28-2)20(14)26)13(25)11-31-21-22-18(16-5-3-7-29-16)19(23-24-21)17-6-4-8-30-17/h3-10,26H,11H2,1-2H3. The first-order valence-electron chi connectivity index (χ1n) is 9.04. The number of phenols is 1. The SMILES string of the molecule is COc1cc(C(=O)CSc2nnc(-c3cccs3)c(-c3cccs3)n2)cc(OC)c1O. The molecule has 0 amide bonds. The summed E-state index contributed by atoms with van der Waals surface area (Å²) in [5, 5.41) is 23.0. The topological polar surface area (TPSA) is 94.4 Å². The van der Waals surface area contributed by atoms with Crippen molar-refractivity contribution in [2.45, 2.75) is 5.16 Å². The molecule has 0 saturated carbocycles. The lowest BCUT2D eigenvalue weighted by atomic mass is 10.1. The Morgan fingerprint density at radius 2 is 1.61 bits per heavy atom. The van der Waals surface area contributed by atoms with E-state index < -0.39 is 0 Å². The van der Waals surface area contributed by atoms with Crippen LogP contribution in [0.15, 0.2) is 52.3 Å². The number of thiophene rings is 2. The first kappa shape index (κ1) is 21.3. The highest BCUT2D eigenvalue weighted by Gasteiger charge is 2.18. The maximum absolute atomic E-state index is 12.7. The number of Topliss-reactive ketones (excluding diaryl/α,β-unsaturated/α-hetero) is 1. The molecule has 158 valence electrons. The van der Waals surface area contributed by atoms with Crippen LogP contribution in [0.4, 0.5) is 0 Å². The van der Waals surface area contributed by atoms with E-state index in [0.29, 0.717) is 10.7 Å². The van der Waals surface area contributed by atoms with Gasteiger partial charge >= 0.3 is 0 Å². The molecule has 0 saturated heterocycles. The number of hydrogen-bond donors (Lipinski definition) is 1. The quantitative estimate of drug-likeness (QED) is 0.283. The molecule has 0 radical (unpaired) electrons. The number of aromatic nitrogens is 3. The van der Waals surface area contributed by atoms with Crippen LogP contribution in [-0.2, 0) is 0 Å². The lowest BCUT2D eigenvalue weighted by molar-refractivity contribution is 0.102. The van der Waals surface area contributed by atoms with Crippen molar-refractivity contribution in [3.05, 3.63) is 52.7 Å². The third kappa shape index (κ3) is 4.55. The molecule has 3 heterocycles. The Hall–Kier alpha value is -2.95. The molecule has 3 aromatic heterocycles. The fourth-order valence-corrected chi connectivity index (χ4v) is 4.91. The van der Waals surface area contributed by atoms with E-state index in [2.05, 4.69) is 15.2 Å². The van der Waals surface area contributed by atoms with Crippen molar-refractivity contribution in [1.82, 2.24) is 15.2 Å². The molecule has 4 rings (SSSR count). The molecule has 7 nitrogen and oxygen atoms in total. The lowest BCUT2D eigenvalue weighted by Gasteiger charge is -2.10. The van der Waals surface area contributed by atoms with Crippen molar-refractivity contribution < 1.29 is 19.4 Å². The average molecular weight is 472 g/mol. The van der Waals surface area contributed by atoms with Gasteiger partial charge in [0.1, 0.15) is 11.4 Å². The zero-order valence-electron chi connectivity index (χ0n) is 16.6. The second-order valence-electron chi connectivity index (χ2n) is 6.19. The summed E-state index contributed by atoms with van der Waals surface area (Å²) in [6.07, 6.45) is 0. The molecule has 0 aliphatic carbocycles. The van der Waals surface area contributed by atoms with Gasteiger partial charge in [-0.15, -0.1) is 32.9 Å². The number of carbonyl (C=O) groups is 1. The Morgan fingerprint density at radius 3 is 2.16 bits per heavy atom. The number of ether oxygens (including phenoxy) is 2. The van der Waals surface area contributed by atoms with E-state index in [9.17, 15) is 9.90 Å². The molecule has 0 fully saturated rings. The van der Waals surface area contributed by atoms with Gasteiger partial charge in [-0.3, -0.25) is 4.79 Å². The van der Waals surface area contributed by atoms with Gasteiger partial charge in [0.25, 0.3) is 0 Å². The Bertz CT molecular complexity index is 1170. The molecule has 0 aliphatic rings. The number of carbonyl (C=O) groups excluding carboxylic acids is 1. The van der Waals surface area contributed by atoms with Crippen LogP contribution in [0.2, 0.25) is 0 Å². The van der Waals surface area contributed by atoms with Gasteiger partial charge in [-0.25, -0.2) is 4.98 Å². The average Bonchev–Trinajstić information content (AvgIpc) is 3.52. The van der Waals surface area contributed by atoms with Gasteiger partial charge in [0.05, 0.1) is 29.7 Å². The minimum Gasteiger partial charge on any atom is -0.502 e. The fraction of sp³-hybridized carbons (Fsp3) is 0.143. The molecular formula is C21H17N3O4S3. The number of hydrogen-bond acceptors (Lipinski definition) is 10. The number of phenolic OH excluding ortho intramolecular Hbond substituents is 1. The van der Waals surface area contributed by atoms with Gasteiger partial charge in [-0.2, -0.15) is 0 Å². The molecule has 10 heteroatoms. The van der Waals surface area contributed by atoms with Crippen LogP contribution in [0.1, 0.15) is 10.4 Å². The molecule has 0 bridgehead atoms. The molecular weight excluding hydrogens is 454 g/mol. The summed E-state index contributed by atoms with van der Waals surface area (Å²) >= 11 is 4.35. The first-order chi connectivity index (χ1) is 15.1. The third-order valence-electron chi connectivity index (χ3n) is 4.31.